The summed E-state index contributed by atoms with van der Waals surface area (Å²) in [5, 5.41) is 0. The van der Waals surface area contributed by atoms with Gasteiger partial charge in [0.25, 0.3) is 0 Å². The summed E-state index contributed by atoms with van der Waals surface area (Å²) in [5.41, 5.74) is 4.20. The number of aryl methyl sites for hydroxylation is 1. The van der Waals surface area contributed by atoms with Crippen LogP contribution >= 0.6 is 27.5 Å². The summed E-state index contributed by atoms with van der Waals surface area (Å²) >= 11 is 9.36. The third kappa shape index (κ3) is 1.40. The van der Waals surface area contributed by atoms with Crippen LogP contribution in [0.5, 0.6) is 0 Å². The molecule has 0 bridgehead atoms. The van der Waals surface area contributed by atoms with E-state index in [2.05, 4.69) is 28.1 Å². The summed E-state index contributed by atoms with van der Waals surface area (Å²) in [6.45, 7) is 0. The van der Waals surface area contributed by atoms with Gasteiger partial charge in [-0.25, -0.2) is 0 Å². The molecular formula is C10H10BrCl. The molecule has 0 saturated heterocycles. The standard InChI is InChI=1S/C10H10BrCl/c11-10-5-7(6-12)4-8-2-1-3-9(8)10/h4-5H,1-3,6H2. The molecule has 0 amide bonds. The van der Waals surface area contributed by atoms with Crippen molar-refractivity contribution in [1.82, 2.24) is 0 Å². The van der Waals surface area contributed by atoms with Gasteiger partial charge in [-0.1, -0.05) is 22.0 Å². The molecule has 0 unspecified atom stereocenters. The Labute approximate surface area is 86.1 Å². The lowest BCUT2D eigenvalue weighted by molar-refractivity contribution is 0.910. The molecule has 1 aliphatic carbocycles. The van der Waals surface area contributed by atoms with E-state index in [0.717, 1.165) is 0 Å². The summed E-state index contributed by atoms with van der Waals surface area (Å²) in [6, 6.07) is 4.37. The SMILES string of the molecule is ClCc1cc(Br)c2c(c1)CCC2. The lowest BCUT2D eigenvalue weighted by Gasteiger charge is -2.04. The smallest absolute Gasteiger partial charge is 0.0474 e. The molecule has 12 heavy (non-hydrogen) atoms. The van der Waals surface area contributed by atoms with E-state index >= 15 is 0 Å². The second-order valence-electron chi connectivity index (χ2n) is 3.20. The van der Waals surface area contributed by atoms with Crippen LogP contribution < -0.4 is 0 Å². The molecule has 0 N–H and O–H groups in total. The number of fused-ring (bicyclic) bond motifs is 1. The van der Waals surface area contributed by atoms with E-state index in [-0.39, 0.29) is 0 Å². The fraction of sp³-hybridized carbons (Fsp3) is 0.400. The van der Waals surface area contributed by atoms with E-state index in [4.69, 9.17) is 11.6 Å². The Morgan fingerprint density at radius 1 is 1.33 bits per heavy atom. The van der Waals surface area contributed by atoms with Gasteiger partial charge in [0.2, 0.25) is 0 Å². The fourth-order valence-corrected chi connectivity index (χ4v) is 2.69. The fourth-order valence-electron chi connectivity index (χ4n) is 1.79. The van der Waals surface area contributed by atoms with Gasteiger partial charge in [0.15, 0.2) is 0 Å². The summed E-state index contributed by atoms with van der Waals surface area (Å²) in [7, 11) is 0. The Balaban J connectivity index is 2.51. The molecule has 2 heteroatoms. The second kappa shape index (κ2) is 3.39. The minimum Gasteiger partial charge on any atom is -0.122 e. The van der Waals surface area contributed by atoms with Gasteiger partial charge in [-0.3, -0.25) is 0 Å². The van der Waals surface area contributed by atoms with Crippen molar-refractivity contribution >= 4 is 27.5 Å². The third-order valence-electron chi connectivity index (χ3n) is 2.37. The molecule has 0 heterocycles. The third-order valence-corrected chi connectivity index (χ3v) is 3.39. The van der Waals surface area contributed by atoms with Gasteiger partial charge < -0.3 is 0 Å². The Hall–Kier alpha value is -0.0100. The predicted octanol–water partition coefficient (Wildman–Crippen LogP) is 3.68. The van der Waals surface area contributed by atoms with Crippen molar-refractivity contribution in [3.63, 3.8) is 0 Å². The Bertz CT molecular complexity index is 307. The van der Waals surface area contributed by atoms with Gasteiger partial charge >= 0.3 is 0 Å². The van der Waals surface area contributed by atoms with Gasteiger partial charge in [0, 0.05) is 10.4 Å². The van der Waals surface area contributed by atoms with E-state index in [9.17, 15) is 0 Å². The topological polar surface area (TPSA) is 0 Å². The van der Waals surface area contributed by atoms with Crippen LogP contribution in [0.15, 0.2) is 16.6 Å². The van der Waals surface area contributed by atoms with Gasteiger partial charge in [-0.2, -0.15) is 0 Å². The largest absolute Gasteiger partial charge is 0.122 e. The van der Waals surface area contributed by atoms with Crippen molar-refractivity contribution in [2.24, 2.45) is 0 Å². The number of halogens is 2. The normalized spacial score (nSPS) is 14.8. The van der Waals surface area contributed by atoms with Gasteiger partial charge in [-0.15, -0.1) is 11.6 Å². The van der Waals surface area contributed by atoms with Crippen molar-refractivity contribution in [3.8, 4) is 0 Å². The Kier molecular flexibility index (Phi) is 2.42. The maximum absolute atomic E-state index is 5.78. The number of rotatable bonds is 1. The average molecular weight is 246 g/mol. The molecule has 2 rings (SSSR count). The lowest BCUT2D eigenvalue weighted by atomic mass is 10.1. The van der Waals surface area contributed by atoms with Crippen LogP contribution in [0, 0.1) is 0 Å². The van der Waals surface area contributed by atoms with Gasteiger partial charge in [0.05, 0.1) is 0 Å². The van der Waals surface area contributed by atoms with Crippen LogP contribution in [0.3, 0.4) is 0 Å². The molecule has 0 radical (unpaired) electrons. The van der Waals surface area contributed by atoms with E-state index in [1.807, 2.05) is 0 Å². The van der Waals surface area contributed by atoms with Crippen LogP contribution in [-0.2, 0) is 18.7 Å². The summed E-state index contributed by atoms with van der Waals surface area (Å²) < 4.78 is 1.24. The Morgan fingerprint density at radius 3 is 2.92 bits per heavy atom. The molecule has 0 atom stereocenters. The predicted molar refractivity (Wildman–Crippen MR) is 55.7 cm³/mol. The minimum absolute atomic E-state index is 0.617. The van der Waals surface area contributed by atoms with E-state index in [0.29, 0.717) is 5.88 Å². The van der Waals surface area contributed by atoms with Crippen molar-refractivity contribution < 1.29 is 0 Å². The molecule has 0 spiro atoms. The van der Waals surface area contributed by atoms with Gasteiger partial charge in [-0.05, 0) is 42.0 Å². The van der Waals surface area contributed by atoms with Crippen LogP contribution in [-0.4, -0.2) is 0 Å². The van der Waals surface area contributed by atoms with Crippen LogP contribution in [0.4, 0.5) is 0 Å². The zero-order chi connectivity index (χ0) is 8.55. The molecule has 1 aromatic rings. The number of benzene rings is 1. The van der Waals surface area contributed by atoms with Crippen molar-refractivity contribution in [1.29, 1.82) is 0 Å². The first-order valence-electron chi connectivity index (χ1n) is 4.17. The number of hydrogen-bond donors (Lipinski definition) is 0. The summed E-state index contributed by atoms with van der Waals surface area (Å²) in [6.07, 6.45) is 3.73. The van der Waals surface area contributed by atoms with Crippen LogP contribution in [0.1, 0.15) is 23.1 Å². The monoisotopic (exact) mass is 244 g/mol. The highest BCUT2D eigenvalue weighted by Crippen LogP contribution is 2.30. The second-order valence-corrected chi connectivity index (χ2v) is 4.32. The highest BCUT2D eigenvalue weighted by molar-refractivity contribution is 9.10. The molecule has 0 saturated carbocycles. The van der Waals surface area contributed by atoms with Gasteiger partial charge in [0.1, 0.15) is 0 Å². The molecule has 1 aromatic carbocycles. The summed E-state index contributed by atoms with van der Waals surface area (Å²) in [5.74, 6) is 0.617. The Morgan fingerprint density at radius 2 is 2.17 bits per heavy atom. The highest BCUT2D eigenvalue weighted by Gasteiger charge is 2.14. The molecule has 0 fully saturated rings. The molecule has 0 aromatic heterocycles. The van der Waals surface area contributed by atoms with Crippen LogP contribution in [0.2, 0.25) is 0 Å². The molecule has 1 aliphatic rings. The van der Waals surface area contributed by atoms with Crippen LogP contribution in [0.25, 0.3) is 0 Å². The molecule has 64 valence electrons. The maximum atomic E-state index is 5.78. The maximum Gasteiger partial charge on any atom is 0.0474 e. The summed E-state index contributed by atoms with van der Waals surface area (Å²) in [4.78, 5) is 0. The van der Waals surface area contributed by atoms with E-state index < -0.39 is 0 Å². The molecule has 0 aliphatic heterocycles. The number of alkyl halides is 1. The van der Waals surface area contributed by atoms with E-state index in [1.165, 1.54) is 40.4 Å². The lowest BCUT2D eigenvalue weighted by Crippen LogP contribution is -1.87. The first-order chi connectivity index (χ1) is 5.81. The molecule has 0 nitrogen and oxygen atoms in total. The average Bonchev–Trinajstić information content (AvgIpc) is 2.52. The molecular weight excluding hydrogens is 235 g/mol. The zero-order valence-corrected chi connectivity index (χ0v) is 9.08. The highest BCUT2D eigenvalue weighted by atomic mass is 79.9. The van der Waals surface area contributed by atoms with Crippen molar-refractivity contribution in [3.05, 3.63) is 33.3 Å². The number of hydrogen-bond acceptors (Lipinski definition) is 0. The minimum atomic E-state index is 0.617. The quantitative estimate of drug-likeness (QED) is 0.662. The first kappa shape index (κ1) is 8.58. The van der Waals surface area contributed by atoms with Crippen molar-refractivity contribution in [2.75, 3.05) is 0 Å². The zero-order valence-electron chi connectivity index (χ0n) is 6.74. The first-order valence-corrected chi connectivity index (χ1v) is 5.50. The van der Waals surface area contributed by atoms with Crippen molar-refractivity contribution in [2.45, 2.75) is 25.1 Å². The van der Waals surface area contributed by atoms with E-state index in [1.54, 1.807) is 0 Å².